The third-order valence-electron chi connectivity index (χ3n) is 2.41. The van der Waals surface area contributed by atoms with Gasteiger partial charge in [0.05, 0.1) is 6.42 Å². The number of nitrogens with zero attached hydrogens (tertiary/aromatic N) is 1. The summed E-state index contributed by atoms with van der Waals surface area (Å²) in [6.07, 6.45) is 1.01. The number of para-hydroxylation sites is 1. The van der Waals surface area contributed by atoms with Gasteiger partial charge in [-0.15, -0.1) is 11.6 Å². The van der Waals surface area contributed by atoms with Crippen molar-refractivity contribution < 1.29 is 9.32 Å². The number of rotatable bonds is 5. The van der Waals surface area contributed by atoms with E-state index in [2.05, 4.69) is 10.5 Å². The summed E-state index contributed by atoms with van der Waals surface area (Å²) in [4.78, 5) is 11.6. The van der Waals surface area contributed by atoms with Crippen LogP contribution in [0.25, 0.3) is 11.0 Å². The van der Waals surface area contributed by atoms with E-state index in [-0.39, 0.29) is 12.3 Å². The van der Waals surface area contributed by atoms with Crippen molar-refractivity contribution in [2.24, 2.45) is 0 Å². The minimum Gasteiger partial charge on any atom is -0.356 e. The van der Waals surface area contributed by atoms with Crippen molar-refractivity contribution in [3.63, 3.8) is 0 Å². The van der Waals surface area contributed by atoms with Crippen LogP contribution >= 0.6 is 11.6 Å². The van der Waals surface area contributed by atoms with Crippen LogP contribution in [0, 0.1) is 0 Å². The smallest absolute Gasteiger partial charge is 0.226 e. The van der Waals surface area contributed by atoms with Gasteiger partial charge in [0.1, 0.15) is 5.69 Å². The second-order valence-electron chi connectivity index (χ2n) is 3.69. The standard InChI is InChI=1S/C12H13ClN2O2/c13-6-3-7-14-12(16)8-10-9-4-1-2-5-11(9)17-15-10/h1-2,4-5H,3,6-8H2,(H,14,16). The Hall–Kier alpha value is -1.55. The number of carbonyl (C=O) groups excluding carboxylic acids is 1. The first-order valence-electron chi connectivity index (χ1n) is 5.47. The lowest BCUT2D eigenvalue weighted by atomic mass is 10.1. The van der Waals surface area contributed by atoms with Gasteiger partial charge in [0.15, 0.2) is 5.58 Å². The fourth-order valence-electron chi connectivity index (χ4n) is 1.57. The maximum absolute atomic E-state index is 11.6. The van der Waals surface area contributed by atoms with E-state index in [0.717, 1.165) is 11.8 Å². The lowest BCUT2D eigenvalue weighted by Crippen LogP contribution is -2.26. The molecule has 0 fully saturated rings. The Labute approximate surface area is 104 Å². The fraction of sp³-hybridized carbons (Fsp3) is 0.333. The van der Waals surface area contributed by atoms with Crippen LogP contribution in [0.5, 0.6) is 0 Å². The lowest BCUT2D eigenvalue weighted by Gasteiger charge is -2.01. The lowest BCUT2D eigenvalue weighted by molar-refractivity contribution is -0.120. The van der Waals surface area contributed by atoms with Gasteiger partial charge < -0.3 is 9.84 Å². The molecule has 4 nitrogen and oxygen atoms in total. The van der Waals surface area contributed by atoms with E-state index in [1.165, 1.54) is 0 Å². The molecule has 0 bridgehead atoms. The van der Waals surface area contributed by atoms with Gasteiger partial charge in [0, 0.05) is 17.8 Å². The number of carbonyl (C=O) groups is 1. The molecule has 0 aliphatic carbocycles. The van der Waals surface area contributed by atoms with Gasteiger partial charge in [-0.2, -0.15) is 0 Å². The van der Waals surface area contributed by atoms with E-state index >= 15 is 0 Å². The number of hydrogen-bond acceptors (Lipinski definition) is 3. The van der Waals surface area contributed by atoms with Crippen molar-refractivity contribution in [1.82, 2.24) is 10.5 Å². The Morgan fingerprint density at radius 2 is 2.24 bits per heavy atom. The summed E-state index contributed by atoms with van der Waals surface area (Å²) in [5.41, 5.74) is 1.38. The highest BCUT2D eigenvalue weighted by Gasteiger charge is 2.11. The first-order chi connectivity index (χ1) is 8.31. The Kier molecular flexibility index (Phi) is 3.98. The molecule has 5 heteroatoms. The molecule has 0 saturated heterocycles. The third-order valence-corrected chi connectivity index (χ3v) is 2.68. The van der Waals surface area contributed by atoms with Crippen molar-refractivity contribution in [3.05, 3.63) is 30.0 Å². The van der Waals surface area contributed by atoms with E-state index in [9.17, 15) is 4.79 Å². The molecule has 0 radical (unpaired) electrons. The molecular formula is C12H13ClN2O2. The average Bonchev–Trinajstić information content (AvgIpc) is 2.73. The van der Waals surface area contributed by atoms with E-state index in [1.807, 2.05) is 24.3 Å². The summed E-state index contributed by atoms with van der Waals surface area (Å²) < 4.78 is 5.12. The molecule has 0 aliphatic heterocycles. The molecule has 1 N–H and O–H groups in total. The molecule has 0 spiro atoms. The summed E-state index contributed by atoms with van der Waals surface area (Å²) in [5, 5.41) is 7.57. The summed E-state index contributed by atoms with van der Waals surface area (Å²) in [6.45, 7) is 0.595. The minimum atomic E-state index is -0.0610. The second kappa shape index (κ2) is 5.68. The number of benzene rings is 1. The SMILES string of the molecule is O=C(Cc1noc2ccccc12)NCCCCl. The molecule has 2 rings (SSSR count). The molecule has 1 aromatic heterocycles. The predicted molar refractivity (Wildman–Crippen MR) is 66.1 cm³/mol. The first kappa shape index (κ1) is 11.9. The molecule has 90 valence electrons. The Morgan fingerprint density at radius 1 is 1.41 bits per heavy atom. The molecule has 2 aromatic rings. The van der Waals surface area contributed by atoms with E-state index in [4.69, 9.17) is 16.1 Å². The highest BCUT2D eigenvalue weighted by molar-refractivity contribution is 6.17. The van der Waals surface area contributed by atoms with Crippen LogP contribution in [-0.2, 0) is 11.2 Å². The van der Waals surface area contributed by atoms with Crippen LogP contribution < -0.4 is 5.32 Å². The summed E-state index contributed by atoms with van der Waals surface area (Å²) in [5.74, 6) is 0.488. The van der Waals surface area contributed by atoms with Crippen molar-refractivity contribution in [2.45, 2.75) is 12.8 Å². The van der Waals surface area contributed by atoms with Crippen molar-refractivity contribution in [3.8, 4) is 0 Å². The van der Waals surface area contributed by atoms with E-state index in [0.29, 0.717) is 23.7 Å². The van der Waals surface area contributed by atoms with Crippen LogP contribution in [0.2, 0.25) is 0 Å². The highest BCUT2D eigenvalue weighted by atomic mass is 35.5. The zero-order valence-electron chi connectivity index (χ0n) is 9.28. The van der Waals surface area contributed by atoms with Crippen molar-refractivity contribution in [2.75, 3.05) is 12.4 Å². The third kappa shape index (κ3) is 2.97. The quantitative estimate of drug-likeness (QED) is 0.655. The maximum Gasteiger partial charge on any atom is 0.226 e. The van der Waals surface area contributed by atoms with Crippen molar-refractivity contribution >= 4 is 28.5 Å². The Balaban J connectivity index is 2.01. The maximum atomic E-state index is 11.6. The van der Waals surface area contributed by atoms with Gasteiger partial charge in [0.25, 0.3) is 0 Å². The second-order valence-corrected chi connectivity index (χ2v) is 4.07. The molecular weight excluding hydrogens is 240 g/mol. The summed E-state index contributed by atoms with van der Waals surface area (Å²) in [7, 11) is 0. The van der Waals surface area contributed by atoms with E-state index < -0.39 is 0 Å². The van der Waals surface area contributed by atoms with Crippen LogP contribution in [0.1, 0.15) is 12.1 Å². The van der Waals surface area contributed by atoms with Crippen LogP contribution in [-0.4, -0.2) is 23.5 Å². The molecule has 1 heterocycles. The van der Waals surface area contributed by atoms with Gasteiger partial charge in [-0.3, -0.25) is 4.79 Å². The summed E-state index contributed by atoms with van der Waals surface area (Å²) in [6, 6.07) is 7.50. The zero-order chi connectivity index (χ0) is 12.1. The molecule has 0 saturated carbocycles. The minimum absolute atomic E-state index is 0.0610. The van der Waals surface area contributed by atoms with Crippen molar-refractivity contribution in [1.29, 1.82) is 0 Å². The van der Waals surface area contributed by atoms with Gasteiger partial charge in [0.2, 0.25) is 5.91 Å². The zero-order valence-corrected chi connectivity index (χ0v) is 10.0. The molecule has 0 aliphatic rings. The van der Waals surface area contributed by atoms with Gasteiger partial charge in [-0.1, -0.05) is 17.3 Å². The topological polar surface area (TPSA) is 55.1 Å². The fourth-order valence-corrected chi connectivity index (χ4v) is 1.71. The Bertz CT molecular complexity index is 510. The largest absolute Gasteiger partial charge is 0.356 e. The first-order valence-corrected chi connectivity index (χ1v) is 6.00. The monoisotopic (exact) mass is 252 g/mol. The molecule has 0 atom stereocenters. The van der Waals surface area contributed by atoms with Gasteiger partial charge >= 0.3 is 0 Å². The van der Waals surface area contributed by atoms with Gasteiger partial charge in [-0.05, 0) is 18.6 Å². The predicted octanol–water partition coefficient (Wildman–Crippen LogP) is 2.12. The number of aromatic nitrogens is 1. The number of nitrogens with one attached hydrogen (secondary N) is 1. The van der Waals surface area contributed by atoms with Crippen LogP contribution in [0.15, 0.2) is 28.8 Å². The molecule has 17 heavy (non-hydrogen) atoms. The number of alkyl halides is 1. The summed E-state index contributed by atoms with van der Waals surface area (Å²) >= 11 is 5.53. The average molecular weight is 253 g/mol. The molecule has 1 amide bonds. The molecule has 1 aromatic carbocycles. The normalized spacial score (nSPS) is 10.6. The van der Waals surface area contributed by atoms with Gasteiger partial charge in [-0.25, -0.2) is 0 Å². The van der Waals surface area contributed by atoms with Crippen LogP contribution in [0.3, 0.4) is 0 Å². The number of amides is 1. The highest BCUT2D eigenvalue weighted by Crippen LogP contribution is 2.17. The number of halogens is 1. The van der Waals surface area contributed by atoms with E-state index in [1.54, 1.807) is 0 Å². The van der Waals surface area contributed by atoms with Crippen LogP contribution in [0.4, 0.5) is 0 Å². The number of fused-ring (bicyclic) bond motifs is 1. The Morgan fingerprint density at radius 3 is 3.06 bits per heavy atom. The number of hydrogen-bond donors (Lipinski definition) is 1. The molecule has 0 unspecified atom stereocenters.